The van der Waals surface area contributed by atoms with E-state index in [2.05, 4.69) is 49.5 Å². The second-order valence-corrected chi connectivity index (χ2v) is 9.97. The Morgan fingerprint density at radius 1 is 1.24 bits per heavy atom. The molecular weight excluding hydrogens is 436 g/mol. The smallest absolute Gasteiger partial charge is 0.275 e. The van der Waals surface area contributed by atoms with Crippen LogP contribution in [0.25, 0.3) is 4.96 Å². The van der Waals surface area contributed by atoms with Crippen molar-refractivity contribution in [2.75, 3.05) is 37.6 Å². The van der Waals surface area contributed by atoms with Crippen LogP contribution in [0.2, 0.25) is 0 Å². The van der Waals surface area contributed by atoms with Crippen molar-refractivity contribution in [3.8, 4) is 0 Å². The van der Waals surface area contributed by atoms with Crippen molar-refractivity contribution in [3.05, 3.63) is 57.5 Å². The van der Waals surface area contributed by atoms with Crippen molar-refractivity contribution >= 4 is 27.3 Å². The molecule has 2 aliphatic heterocycles. The van der Waals surface area contributed by atoms with E-state index < -0.39 is 0 Å². The molecule has 0 radical (unpaired) electrons. The Morgan fingerprint density at radius 3 is 2.97 bits per heavy atom. The van der Waals surface area contributed by atoms with Crippen LogP contribution < -0.4 is 15.8 Å². The molecule has 1 N–H and O–H groups in total. The lowest BCUT2D eigenvalue weighted by Crippen LogP contribution is -2.43. The SMILES string of the molecule is Cc1cc(=O)n2nc(N3CCC[C@@H](C(=O)NCCCN4CCc5ccccc5C4)C3)sc2n1. The summed E-state index contributed by atoms with van der Waals surface area (Å²) in [7, 11) is 0. The van der Waals surface area contributed by atoms with Crippen LogP contribution >= 0.6 is 11.3 Å². The second kappa shape index (κ2) is 9.61. The molecule has 0 spiro atoms. The fourth-order valence-corrected chi connectivity index (χ4v) is 5.79. The van der Waals surface area contributed by atoms with E-state index in [1.807, 2.05) is 6.92 Å². The van der Waals surface area contributed by atoms with Gasteiger partial charge < -0.3 is 10.2 Å². The summed E-state index contributed by atoms with van der Waals surface area (Å²) in [5, 5.41) is 8.37. The summed E-state index contributed by atoms with van der Waals surface area (Å²) in [6.07, 6.45) is 3.87. The van der Waals surface area contributed by atoms with E-state index in [-0.39, 0.29) is 17.4 Å². The lowest BCUT2D eigenvalue weighted by atomic mass is 9.97. The molecule has 1 saturated heterocycles. The summed E-state index contributed by atoms with van der Waals surface area (Å²) in [5.74, 6) is 0.0648. The van der Waals surface area contributed by atoms with Gasteiger partial charge in [0.25, 0.3) is 5.56 Å². The number of anilines is 1. The topological polar surface area (TPSA) is 82.8 Å². The fraction of sp³-hybridized carbons (Fsp3) is 0.500. The predicted molar refractivity (Wildman–Crippen MR) is 130 cm³/mol. The zero-order valence-electron chi connectivity index (χ0n) is 19.0. The number of hydrogen-bond donors (Lipinski definition) is 1. The van der Waals surface area contributed by atoms with E-state index in [9.17, 15) is 9.59 Å². The van der Waals surface area contributed by atoms with E-state index in [0.29, 0.717) is 23.7 Å². The van der Waals surface area contributed by atoms with Gasteiger partial charge in [0.05, 0.1) is 5.92 Å². The first-order valence-corrected chi connectivity index (χ1v) is 12.6. The van der Waals surface area contributed by atoms with Crippen molar-refractivity contribution in [3.63, 3.8) is 0 Å². The standard InChI is InChI=1S/C24H30N6O2S/c1-17-14-21(31)30-23(26-17)33-24(27-30)29-12-4-8-20(16-29)22(32)25-10-5-11-28-13-9-18-6-2-3-7-19(18)15-28/h2-3,6-7,14,20H,4-5,8-13,15-16H2,1H3,(H,25,32)/t20-/m1/s1. The minimum Gasteiger partial charge on any atom is -0.356 e. The maximum absolute atomic E-state index is 12.8. The average molecular weight is 467 g/mol. The van der Waals surface area contributed by atoms with E-state index in [4.69, 9.17) is 0 Å². The maximum atomic E-state index is 12.8. The lowest BCUT2D eigenvalue weighted by molar-refractivity contribution is -0.125. The first-order chi connectivity index (χ1) is 16.1. The van der Waals surface area contributed by atoms with Crippen molar-refractivity contribution in [2.24, 2.45) is 5.92 Å². The van der Waals surface area contributed by atoms with Crippen LogP contribution in [0, 0.1) is 12.8 Å². The van der Waals surface area contributed by atoms with Crippen LogP contribution in [-0.2, 0) is 17.8 Å². The summed E-state index contributed by atoms with van der Waals surface area (Å²) in [6, 6.07) is 10.2. The molecule has 0 unspecified atom stereocenters. The summed E-state index contributed by atoms with van der Waals surface area (Å²) in [4.78, 5) is 34.6. The summed E-state index contributed by atoms with van der Waals surface area (Å²) >= 11 is 1.41. The van der Waals surface area contributed by atoms with Crippen LogP contribution in [0.5, 0.6) is 0 Å². The molecule has 1 aromatic carbocycles. The zero-order chi connectivity index (χ0) is 22.8. The van der Waals surface area contributed by atoms with Gasteiger partial charge >= 0.3 is 0 Å². The number of hydrogen-bond acceptors (Lipinski definition) is 7. The number of fused-ring (bicyclic) bond motifs is 2. The molecule has 4 heterocycles. The monoisotopic (exact) mass is 466 g/mol. The molecule has 0 saturated carbocycles. The van der Waals surface area contributed by atoms with Gasteiger partial charge in [0, 0.05) is 51.0 Å². The van der Waals surface area contributed by atoms with Gasteiger partial charge in [-0.2, -0.15) is 4.52 Å². The van der Waals surface area contributed by atoms with Crippen molar-refractivity contribution in [1.29, 1.82) is 0 Å². The van der Waals surface area contributed by atoms with Crippen molar-refractivity contribution in [1.82, 2.24) is 24.8 Å². The molecule has 2 aromatic heterocycles. The molecule has 3 aromatic rings. The Kier molecular flexibility index (Phi) is 6.41. The maximum Gasteiger partial charge on any atom is 0.275 e. The molecule has 1 amide bonds. The molecular formula is C24H30N6O2S. The van der Waals surface area contributed by atoms with E-state index in [1.54, 1.807) is 0 Å². The van der Waals surface area contributed by atoms with Crippen molar-refractivity contribution < 1.29 is 4.79 Å². The number of carbonyl (C=O) groups is 1. The third-order valence-corrected chi connectivity index (χ3v) is 7.55. The second-order valence-electron chi connectivity index (χ2n) is 9.04. The van der Waals surface area contributed by atoms with Crippen LogP contribution in [0.3, 0.4) is 0 Å². The number of benzene rings is 1. The number of nitrogens with zero attached hydrogens (tertiary/aromatic N) is 5. The number of piperidine rings is 1. The quantitative estimate of drug-likeness (QED) is 0.561. The average Bonchev–Trinajstić information content (AvgIpc) is 3.26. The van der Waals surface area contributed by atoms with Gasteiger partial charge in [-0.25, -0.2) is 4.98 Å². The fourth-order valence-electron chi connectivity index (χ4n) is 4.81. The van der Waals surface area contributed by atoms with Gasteiger partial charge in [0.2, 0.25) is 16.0 Å². The number of aryl methyl sites for hydroxylation is 1. The molecule has 1 fully saturated rings. The first-order valence-electron chi connectivity index (χ1n) is 11.8. The number of aromatic nitrogens is 3. The van der Waals surface area contributed by atoms with Crippen LogP contribution in [0.15, 0.2) is 35.1 Å². The molecule has 5 rings (SSSR count). The Hall–Kier alpha value is -2.78. The van der Waals surface area contributed by atoms with Crippen molar-refractivity contribution in [2.45, 2.75) is 39.2 Å². The van der Waals surface area contributed by atoms with Gasteiger partial charge in [-0.3, -0.25) is 14.5 Å². The number of amides is 1. The van der Waals surface area contributed by atoms with Crippen LogP contribution in [0.4, 0.5) is 5.13 Å². The van der Waals surface area contributed by atoms with Crippen LogP contribution in [0.1, 0.15) is 36.1 Å². The molecule has 174 valence electrons. The minimum atomic E-state index is -0.163. The number of carbonyl (C=O) groups excluding carboxylic acids is 1. The molecule has 9 heteroatoms. The molecule has 0 aliphatic carbocycles. The van der Waals surface area contributed by atoms with Gasteiger partial charge in [0.15, 0.2) is 0 Å². The van der Waals surface area contributed by atoms with E-state index >= 15 is 0 Å². The highest BCUT2D eigenvalue weighted by atomic mass is 32.1. The Morgan fingerprint density at radius 2 is 2.09 bits per heavy atom. The Labute approximate surface area is 197 Å². The normalized spacial score (nSPS) is 18.9. The Balaban J connectivity index is 1.11. The van der Waals surface area contributed by atoms with Gasteiger partial charge in [-0.1, -0.05) is 35.6 Å². The lowest BCUT2D eigenvalue weighted by Gasteiger charge is -2.31. The number of rotatable bonds is 6. The summed E-state index contributed by atoms with van der Waals surface area (Å²) in [6.45, 7) is 7.07. The number of nitrogens with one attached hydrogen (secondary N) is 1. The predicted octanol–water partition coefficient (Wildman–Crippen LogP) is 2.24. The molecule has 2 aliphatic rings. The highest BCUT2D eigenvalue weighted by molar-refractivity contribution is 7.20. The third kappa shape index (κ3) is 4.94. The zero-order valence-corrected chi connectivity index (χ0v) is 19.8. The Bertz CT molecular complexity index is 1210. The van der Waals surface area contributed by atoms with E-state index in [1.165, 1.54) is 33.0 Å². The van der Waals surface area contributed by atoms with Gasteiger partial charge in [0.1, 0.15) is 0 Å². The molecule has 1 atom stereocenters. The first kappa shape index (κ1) is 22.0. The third-order valence-electron chi connectivity index (χ3n) is 6.59. The largest absolute Gasteiger partial charge is 0.356 e. The highest BCUT2D eigenvalue weighted by Crippen LogP contribution is 2.27. The van der Waals surface area contributed by atoms with E-state index in [0.717, 1.165) is 57.0 Å². The summed E-state index contributed by atoms with van der Waals surface area (Å²) < 4.78 is 1.36. The van der Waals surface area contributed by atoms with Gasteiger partial charge in [-0.15, -0.1) is 5.10 Å². The molecule has 33 heavy (non-hydrogen) atoms. The van der Waals surface area contributed by atoms with Gasteiger partial charge in [-0.05, 0) is 43.7 Å². The summed E-state index contributed by atoms with van der Waals surface area (Å²) in [5.41, 5.74) is 3.42. The van der Waals surface area contributed by atoms with Crippen LogP contribution in [-0.4, -0.2) is 58.1 Å². The molecule has 0 bridgehead atoms. The minimum absolute atomic E-state index is 0.0564. The molecule has 8 nitrogen and oxygen atoms in total. The highest BCUT2D eigenvalue weighted by Gasteiger charge is 2.28.